The first kappa shape index (κ1) is 11.0. The molecule has 0 aliphatic heterocycles. The molecular formula is C10H21NO2. The summed E-state index contributed by atoms with van der Waals surface area (Å²) in [6.07, 6.45) is 3.97. The monoisotopic (exact) mass is 187 g/mol. The maximum absolute atomic E-state index is 8.47. The van der Waals surface area contributed by atoms with Gasteiger partial charge in [0, 0.05) is 12.6 Å². The van der Waals surface area contributed by atoms with E-state index in [0.717, 1.165) is 12.5 Å². The SMILES string of the molecule is C[C@@H]1CC[C@H](NCCOCCO)C1. The smallest absolute Gasteiger partial charge is 0.0698 e. The fourth-order valence-electron chi connectivity index (χ4n) is 1.89. The van der Waals surface area contributed by atoms with E-state index in [1.54, 1.807) is 0 Å². The van der Waals surface area contributed by atoms with E-state index in [1.807, 2.05) is 0 Å². The van der Waals surface area contributed by atoms with Gasteiger partial charge in [0.15, 0.2) is 0 Å². The van der Waals surface area contributed by atoms with Crippen molar-refractivity contribution in [2.24, 2.45) is 5.92 Å². The average molecular weight is 187 g/mol. The molecule has 1 saturated carbocycles. The van der Waals surface area contributed by atoms with Crippen LogP contribution in [0.1, 0.15) is 26.2 Å². The lowest BCUT2D eigenvalue weighted by Crippen LogP contribution is -2.30. The molecule has 0 radical (unpaired) electrons. The highest BCUT2D eigenvalue weighted by Crippen LogP contribution is 2.24. The van der Waals surface area contributed by atoms with Crippen LogP contribution < -0.4 is 5.32 Å². The van der Waals surface area contributed by atoms with Gasteiger partial charge in [-0.05, 0) is 25.2 Å². The number of ether oxygens (including phenoxy) is 1. The normalized spacial score (nSPS) is 28.2. The van der Waals surface area contributed by atoms with Gasteiger partial charge in [-0.1, -0.05) is 6.92 Å². The third-order valence-corrected chi connectivity index (χ3v) is 2.61. The van der Waals surface area contributed by atoms with Crippen LogP contribution in [-0.4, -0.2) is 37.5 Å². The summed E-state index contributed by atoms with van der Waals surface area (Å²) >= 11 is 0. The Morgan fingerprint density at radius 3 is 2.85 bits per heavy atom. The van der Waals surface area contributed by atoms with Crippen molar-refractivity contribution in [2.75, 3.05) is 26.4 Å². The van der Waals surface area contributed by atoms with Crippen molar-refractivity contribution in [3.05, 3.63) is 0 Å². The molecule has 0 aromatic rings. The molecule has 1 rings (SSSR count). The molecule has 0 aromatic heterocycles. The van der Waals surface area contributed by atoms with Crippen LogP contribution in [0.15, 0.2) is 0 Å². The second-order valence-electron chi connectivity index (χ2n) is 3.91. The number of hydrogen-bond acceptors (Lipinski definition) is 3. The highest BCUT2D eigenvalue weighted by molar-refractivity contribution is 4.77. The standard InChI is InChI=1S/C10H21NO2/c1-9-2-3-10(8-9)11-4-6-13-7-5-12/h9-12H,2-8H2,1H3/t9-,10+/m1/s1. The molecule has 1 aliphatic rings. The molecule has 2 atom stereocenters. The van der Waals surface area contributed by atoms with Crippen LogP contribution in [0.2, 0.25) is 0 Å². The van der Waals surface area contributed by atoms with E-state index in [2.05, 4.69) is 12.2 Å². The maximum atomic E-state index is 8.47. The number of aliphatic hydroxyl groups excluding tert-OH is 1. The number of nitrogens with one attached hydrogen (secondary N) is 1. The Kier molecular flexibility index (Phi) is 5.35. The van der Waals surface area contributed by atoms with E-state index in [1.165, 1.54) is 19.3 Å². The predicted octanol–water partition coefficient (Wildman–Crippen LogP) is 0.773. The molecule has 0 bridgehead atoms. The molecule has 0 unspecified atom stereocenters. The second kappa shape index (κ2) is 6.35. The number of rotatable bonds is 6. The molecule has 1 aliphatic carbocycles. The molecule has 13 heavy (non-hydrogen) atoms. The summed E-state index contributed by atoms with van der Waals surface area (Å²) in [6, 6.07) is 0.702. The lowest BCUT2D eigenvalue weighted by atomic mass is 10.1. The van der Waals surface area contributed by atoms with Crippen molar-refractivity contribution >= 4 is 0 Å². The van der Waals surface area contributed by atoms with Crippen LogP contribution >= 0.6 is 0 Å². The predicted molar refractivity (Wildman–Crippen MR) is 52.7 cm³/mol. The van der Waals surface area contributed by atoms with Crippen LogP contribution in [0, 0.1) is 5.92 Å². The number of aliphatic hydroxyl groups is 1. The quantitative estimate of drug-likeness (QED) is 0.604. The largest absolute Gasteiger partial charge is 0.394 e. The van der Waals surface area contributed by atoms with Crippen molar-refractivity contribution in [1.82, 2.24) is 5.32 Å². The molecule has 3 nitrogen and oxygen atoms in total. The van der Waals surface area contributed by atoms with E-state index < -0.39 is 0 Å². The van der Waals surface area contributed by atoms with Crippen LogP contribution in [0.4, 0.5) is 0 Å². The molecule has 0 saturated heterocycles. The van der Waals surface area contributed by atoms with Crippen LogP contribution in [0.5, 0.6) is 0 Å². The lowest BCUT2D eigenvalue weighted by Gasteiger charge is -2.11. The van der Waals surface area contributed by atoms with Crippen molar-refractivity contribution in [3.8, 4) is 0 Å². The lowest BCUT2D eigenvalue weighted by molar-refractivity contribution is 0.0926. The summed E-state index contributed by atoms with van der Waals surface area (Å²) in [4.78, 5) is 0. The van der Waals surface area contributed by atoms with Gasteiger partial charge < -0.3 is 15.2 Å². The first-order valence-electron chi connectivity index (χ1n) is 5.25. The molecule has 78 valence electrons. The zero-order chi connectivity index (χ0) is 9.52. The summed E-state index contributed by atoms with van der Waals surface area (Å²) in [5, 5.41) is 11.9. The minimum Gasteiger partial charge on any atom is -0.394 e. The van der Waals surface area contributed by atoms with Gasteiger partial charge in [-0.3, -0.25) is 0 Å². The van der Waals surface area contributed by atoms with Gasteiger partial charge in [0.05, 0.1) is 19.8 Å². The summed E-state index contributed by atoms with van der Waals surface area (Å²) in [6.45, 7) is 4.52. The average Bonchev–Trinajstić information content (AvgIpc) is 2.51. The second-order valence-corrected chi connectivity index (χ2v) is 3.91. The van der Waals surface area contributed by atoms with Gasteiger partial charge in [-0.25, -0.2) is 0 Å². The van der Waals surface area contributed by atoms with Crippen molar-refractivity contribution in [3.63, 3.8) is 0 Å². The Labute approximate surface area is 80.5 Å². The molecule has 0 amide bonds. The first-order valence-corrected chi connectivity index (χ1v) is 5.25. The molecule has 2 N–H and O–H groups in total. The molecule has 1 fully saturated rings. The van der Waals surface area contributed by atoms with E-state index in [-0.39, 0.29) is 6.61 Å². The van der Waals surface area contributed by atoms with Crippen LogP contribution in [0.25, 0.3) is 0 Å². The van der Waals surface area contributed by atoms with E-state index >= 15 is 0 Å². The van der Waals surface area contributed by atoms with E-state index in [4.69, 9.17) is 9.84 Å². The van der Waals surface area contributed by atoms with Gasteiger partial charge in [-0.2, -0.15) is 0 Å². The Balaban J connectivity index is 1.88. The minimum atomic E-state index is 0.125. The molecular weight excluding hydrogens is 166 g/mol. The van der Waals surface area contributed by atoms with Gasteiger partial charge in [-0.15, -0.1) is 0 Å². The van der Waals surface area contributed by atoms with Crippen LogP contribution in [0.3, 0.4) is 0 Å². The Bertz CT molecular complexity index is 130. The Morgan fingerprint density at radius 1 is 1.38 bits per heavy atom. The maximum Gasteiger partial charge on any atom is 0.0698 e. The van der Waals surface area contributed by atoms with E-state index in [9.17, 15) is 0 Å². The summed E-state index contributed by atoms with van der Waals surface area (Å²) in [5.41, 5.74) is 0. The van der Waals surface area contributed by atoms with Crippen molar-refractivity contribution in [1.29, 1.82) is 0 Å². The molecule has 3 heteroatoms. The third kappa shape index (κ3) is 4.60. The first-order chi connectivity index (χ1) is 6.33. The number of hydrogen-bond donors (Lipinski definition) is 2. The van der Waals surface area contributed by atoms with Crippen molar-refractivity contribution in [2.45, 2.75) is 32.2 Å². The minimum absolute atomic E-state index is 0.125. The topological polar surface area (TPSA) is 41.5 Å². The Morgan fingerprint density at radius 2 is 2.23 bits per heavy atom. The fraction of sp³-hybridized carbons (Fsp3) is 1.00. The molecule has 0 spiro atoms. The summed E-state index contributed by atoms with van der Waals surface area (Å²) < 4.78 is 5.16. The van der Waals surface area contributed by atoms with Crippen LogP contribution in [-0.2, 0) is 4.74 Å². The van der Waals surface area contributed by atoms with Gasteiger partial charge in [0.1, 0.15) is 0 Å². The third-order valence-electron chi connectivity index (χ3n) is 2.61. The van der Waals surface area contributed by atoms with Gasteiger partial charge in [0.2, 0.25) is 0 Å². The zero-order valence-corrected chi connectivity index (χ0v) is 8.46. The summed E-state index contributed by atoms with van der Waals surface area (Å²) in [7, 11) is 0. The highest BCUT2D eigenvalue weighted by atomic mass is 16.5. The van der Waals surface area contributed by atoms with Gasteiger partial charge in [0.25, 0.3) is 0 Å². The Hall–Kier alpha value is -0.120. The summed E-state index contributed by atoms with van der Waals surface area (Å²) in [5.74, 6) is 0.885. The highest BCUT2D eigenvalue weighted by Gasteiger charge is 2.19. The fourth-order valence-corrected chi connectivity index (χ4v) is 1.89. The molecule has 0 heterocycles. The zero-order valence-electron chi connectivity index (χ0n) is 8.46. The van der Waals surface area contributed by atoms with Crippen molar-refractivity contribution < 1.29 is 9.84 Å². The molecule has 0 aromatic carbocycles. The van der Waals surface area contributed by atoms with E-state index in [0.29, 0.717) is 19.3 Å². The van der Waals surface area contributed by atoms with Gasteiger partial charge >= 0.3 is 0 Å².